The second-order valence-electron chi connectivity index (χ2n) is 10.0. The van der Waals surface area contributed by atoms with Crippen LogP contribution in [0.3, 0.4) is 0 Å². The zero-order valence-corrected chi connectivity index (χ0v) is 21.4. The third-order valence-corrected chi connectivity index (χ3v) is 7.59. The van der Waals surface area contributed by atoms with Gasteiger partial charge in [-0.1, -0.05) is 12.1 Å². The summed E-state index contributed by atoms with van der Waals surface area (Å²) in [7, 11) is -3.85. The number of benzene rings is 2. The number of carbonyl (C=O) groups excluding carboxylic acids is 1. The first-order valence-corrected chi connectivity index (χ1v) is 13.9. The van der Waals surface area contributed by atoms with E-state index >= 15 is 4.39 Å². The lowest BCUT2D eigenvalue weighted by atomic mass is 9.92. The normalized spacial score (nSPS) is 19.1. The maximum Gasteiger partial charge on any atom is 0.267 e. The number of amides is 1. The lowest BCUT2D eigenvalue weighted by Crippen LogP contribution is -2.45. The minimum absolute atomic E-state index is 0.0101. The second kappa shape index (κ2) is 10.0. The molecule has 0 aromatic heterocycles. The van der Waals surface area contributed by atoms with Crippen LogP contribution in [0.5, 0.6) is 5.75 Å². The van der Waals surface area contributed by atoms with Crippen LogP contribution in [0, 0.1) is 18.6 Å². The Balaban J connectivity index is 1.41. The fourth-order valence-electron chi connectivity index (χ4n) is 4.61. The van der Waals surface area contributed by atoms with Gasteiger partial charge in [-0.15, -0.1) is 0 Å². The summed E-state index contributed by atoms with van der Waals surface area (Å²) in [5, 5.41) is 0. The summed E-state index contributed by atoms with van der Waals surface area (Å²) in [5.41, 5.74) is 0.141. The van der Waals surface area contributed by atoms with Gasteiger partial charge in [-0.3, -0.25) is 9.69 Å². The Kier molecular flexibility index (Phi) is 7.39. The summed E-state index contributed by atoms with van der Waals surface area (Å²) in [4.78, 5) is 14.4. The summed E-state index contributed by atoms with van der Waals surface area (Å²) in [5.74, 6) is -2.00. The first kappa shape index (κ1) is 26.5. The molecule has 10 heteroatoms. The van der Waals surface area contributed by atoms with Crippen LogP contribution in [-0.2, 0) is 10.0 Å². The lowest BCUT2D eigenvalue weighted by Gasteiger charge is -2.39. The quantitative estimate of drug-likeness (QED) is 0.538. The summed E-state index contributed by atoms with van der Waals surface area (Å²) >= 11 is 0. The molecule has 2 fully saturated rings. The van der Waals surface area contributed by atoms with Crippen LogP contribution < -0.4 is 9.46 Å². The number of halogens is 3. The summed E-state index contributed by atoms with van der Waals surface area (Å²) in [6.45, 7) is 4.46. The average Bonchev–Trinajstić information content (AvgIpc) is 3.64. The Morgan fingerprint density at radius 1 is 1.17 bits per heavy atom. The molecule has 196 valence electrons. The fraction of sp³-hybridized carbons (Fsp3) is 0.500. The predicted molar refractivity (Wildman–Crippen MR) is 130 cm³/mol. The molecule has 1 amide bonds. The number of nitrogens with one attached hydrogen (secondary N) is 1. The van der Waals surface area contributed by atoms with Gasteiger partial charge in [0.1, 0.15) is 29.7 Å². The second-order valence-corrected chi connectivity index (χ2v) is 11.8. The monoisotopic (exact) mass is 524 g/mol. The molecule has 2 aromatic rings. The van der Waals surface area contributed by atoms with Crippen molar-refractivity contribution in [3.05, 3.63) is 64.2 Å². The van der Waals surface area contributed by atoms with Crippen LogP contribution in [0.25, 0.3) is 0 Å². The molecule has 1 saturated heterocycles. The van der Waals surface area contributed by atoms with E-state index in [-0.39, 0.29) is 48.5 Å². The first-order valence-electron chi connectivity index (χ1n) is 12.0. The van der Waals surface area contributed by atoms with Gasteiger partial charge in [-0.2, -0.15) is 0 Å². The number of sulfonamides is 1. The average molecular weight is 525 g/mol. The Morgan fingerprint density at radius 2 is 1.83 bits per heavy atom. The largest absolute Gasteiger partial charge is 0.490 e. The number of hydrogen-bond donors (Lipinski definition) is 1. The van der Waals surface area contributed by atoms with Gasteiger partial charge < -0.3 is 4.74 Å². The number of piperidine rings is 1. The third-order valence-electron chi connectivity index (χ3n) is 7.03. The van der Waals surface area contributed by atoms with E-state index in [1.807, 2.05) is 13.0 Å². The highest BCUT2D eigenvalue weighted by Gasteiger charge is 2.38. The first-order chi connectivity index (χ1) is 16.8. The molecule has 1 N–H and O–H groups in total. The van der Waals surface area contributed by atoms with Gasteiger partial charge in [0.25, 0.3) is 5.91 Å². The Labute approximate surface area is 209 Å². The maximum absolute atomic E-state index is 15.6. The lowest BCUT2D eigenvalue weighted by molar-refractivity contribution is 0.00613. The number of nitrogens with zero attached hydrogens (tertiary/aromatic N) is 1. The fourth-order valence-corrected chi connectivity index (χ4v) is 5.06. The highest BCUT2D eigenvalue weighted by Crippen LogP contribution is 2.45. The molecule has 36 heavy (non-hydrogen) atoms. The number of ether oxygens (including phenoxy) is 1. The van der Waals surface area contributed by atoms with Gasteiger partial charge in [0.2, 0.25) is 10.0 Å². The minimum Gasteiger partial charge on any atom is -0.490 e. The molecule has 2 aliphatic rings. The molecule has 0 unspecified atom stereocenters. The molecule has 6 nitrogen and oxygen atoms in total. The van der Waals surface area contributed by atoms with Gasteiger partial charge in [0, 0.05) is 25.2 Å². The highest BCUT2D eigenvalue weighted by atomic mass is 32.2. The van der Waals surface area contributed by atoms with Gasteiger partial charge >= 0.3 is 0 Å². The number of hydrogen-bond acceptors (Lipinski definition) is 5. The van der Waals surface area contributed by atoms with Crippen molar-refractivity contribution in [2.45, 2.75) is 57.2 Å². The van der Waals surface area contributed by atoms with Gasteiger partial charge in [0.05, 0.1) is 11.8 Å². The van der Waals surface area contributed by atoms with E-state index in [1.54, 1.807) is 17.7 Å². The minimum atomic E-state index is -3.85. The third kappa shape index (κ3) is 6.21. The van der Waals surface area contributed by atoms with Crippen molar-refractivity contribution in [2.24, 2.45) is 0 Å². The molecule has 0 bridgehead atoms. The SMILES string of the molecule is Cc1cc([C@@H](C)N2CCC(F)(COc3cc(F)c(C(=O)NS(C)(=O)=O)cc3C3CC3)CC2)ccc1F. The molecule has 1 heterocycles. The van der Waals surface area contributed by atoms with Crippen molar-refractivity contribution in [2.75, 3.05) is 26.0 Å². The molecule has 1 saturated carbocycles. The van der Waals surface area contributed by atoms with E-state index in [4.69, 9.17) is 4.74 Å². The number of rotatable bonds is 8. The number of aryl methyl sites for hydroxylation is 1. The molecular weight excluding hydrogens is 493 g/mol. The molecule has 1 aliphatic heterocycles. The molecule has 2 aromatic carbocycles. The number of likely N-dealkylation sites (tertiary alicyclic amines) is 1. The van der Waals surface area contributed by atoms with Gasteiger partial charge in [-0.25, -0.2) is 26.3 Å². The molecule has 1 aliphatic carbocycles. The maximum atomic E-state index is 15.6. The van der Waals surface area contributed by atoms with Crippen LogP contribution in [0.1, 0.15) is 71.6 Å². The van der Waals surface area contributed by atoms with Crippen molar-refractivity contribution in [1.82, 2.24) is 9.62 Å². The molecule has 0 radical (unpaired) electrons. The van der Waals surface area contributed by atoms with Crippen molar-refractivity contribution in [3.63, 3.8) is 0 Å². The summed E-state index contributed by atoms with van der Waals surface area (Å²) < 4.78 is 74.2. The Morgan fingerprint density at radius 3 is 2.42 bits per heavy atom. The summed E-state index contributed by atoms with van der Waals surface area (Å²) in [6, 6.07) is 7.38. The molecule has 1 atom stereocenters. The topological polar surface area (TPSA) is 75.7 Å². The van der Waals surface area contributed by atoms with E-state index in [1.165, 1.54) is 12.1 Å². The van der Waals surface area contributed by atoms with Gasteiger partial charge in [0.15, 0.2) is 0 Å². The van der Waals surface area contributed by atoms with Crippen LogP contribution in [0.15, 0.2) is 30.3 Å². The number of alkyl halides is 1. The van der Waals surface area contributed by atoms with E-state index < -0.39 is 27.4 Å². The zero-order chi connectivity index (χ0) is 26.3. The van der Waals surface area contributed by atoms with E-state index in [9.17, 15) is 22.0 Å². The highest BCUT2D eigenvalue weighted by molar-refractivity contribution is 7.89. The van der Waals surface area contributed by atoms with Crippen molar-refractivity contribution in [1.29, 1.82) is 0 Å². The zero-order valence-electron chi connectivity index (χ0n) is 20.6. The van der Waals surface area contributed by atoms with Crippen molar-refractivity contribution < 1.29 is 31.1 Å². The standard InChI is InChI=1S/C26H31F3N2O4S/c1-16-12-19(6-7-22(16)27)17(2)31-10-8-26(29,9-11-31)15-35-24-14-23(28)21(13-20(24)18-4-5-18)25(32)30-36(3,33)34/h6-7,12-14,17-18H,4-5,8-11,15H2,1-3H3,(H,30,32)/t17-/m1/s1. The summed E-state index contributed by atoms with van der Waals surface area (Å²) in [6.07, 6.45) is 2.92. The van der Waals surface area contributed by atoms with Crippen LogP contribution in [0.2, 0.25) is 0 Å². The predicted octanol–water partition coefficient (Wildman–Crippen LogP) is 4.78. The van der Waals surface area contributed by atoms with Crippen molar-refractivity contribution in [3.8, 4) is 5.75 Å². The van der Waals surface area contributed by atoms with E-state index in [2.05, 4.69) is 4.90 Å². The molecule has 0 spiro atoms. The molecule has 4 rings (SSSR count). The van der Waals surface area contributed by atoms with Crippen LogP contribution in [-0.4, -0.2) is 50.8 Å². The van der Waals surface area contributed by atoms with Crippen molar-refractivity contribution >= 4 is 15.9 Å². The van der Waals surface area contributed by atoms with E-state index in [0.717, 1.165) is 30.7 Å². The number of carbonyl (C=O) groups is 1. The Hall–Kier alpha value is -2.59. The van der Waals surface area contributed by atoms with Crippen LogP contribution >= 0.6 is 0 Å². The Bertz CT molecular complexity index is 1260. The van der Waals surface area contributed by atoms with Crippen LogP contribution in [0.4, 0.5) is 13.2 Å². The molecular formula is C26H31F3N2O4S. The van der Waals surface area contributed by atoms with E-state index in [0.29, 0.717) is 24.2 Å². The van der Waals surface area contributed by atoms with Gasteiger partial charge in [-0.05, 0) is 74.3 Å². The smallest absolute Gasteiger partial charge is 0.267 e.